The zero-order valence-corrected chi connectivity index (χ0v) is 18.6. The van der Waals surface area contributed by atoms with Crippen LogP contribution in [0.25, 0.3) is 0 Å². The minimum atomic E-state index is -3.86. The van der Waals surface area contributed by atoms with Crippen molar-refractivity contribution in [3.8, 4) is 0 Å². The fraction of sp³-hybridized carbons (Fsp3) is 0.300. The first-order chi connectivity index (χ1) is 13.7. The van der Waals surface area contributed by atoms with Crippen LogP contribution in [-0.4, -0.2) is 56.2 Å². The average molecular weight is 480 g/mol. The summed E-state index contributed by atoms with van der Waals surface area (Å²) < 4.78 is 28.9. The highest BCUT2D eigenvalue weighted by atomic mass is 79.9. The summed E-state index contributed by atoms with van der Waals surface area (Å²) in [7, 11) is -3.86. The Morgan fingerprint density at radius 1 is 1.00 bits per heavy atom. The first kappa shape index (κ1) is 21.3. The molecule has 1 heterocycles. The number of carbonyl (C=O) groups is 2. The number of halogens is 1. The standard InChI is InChI=1S/C20H22BrN3O4S/c1-14-6-7-18(21)19(12-14)22-29(27,28)17-5-3-4-16(13-17)20(26)24-10-8-23(9-11-24)15(2)25/h3-7,12-13,22H,8-11H2,1-2H3. The third-order valence-electron chi connectivity index (χ3n) is 4.77. The molecule has 0 atom stereocenters. The van der Waals surface area contributed by atoms with Crippen LogP contribution in [0, 0.1) is 6.92 Å². The van der Waals surface area contributed by atoms with E-state index in [1.54, 1.807) is 34.1 Å². The van der Waals surface area contributed by atoms with Gasteiger partial charge < -0.3 is 9.80 Å². The van der Waals surface area contributed by atoms with Gasteiger partial charge in [-0.25, -0.2) is 8.42 Å². The van der Waals surface area contributed by atoms with E-state index in [0.29, 0.717) is 41.9 Å². The Kier molecular flexibility index (Phi) is 6.28. The maximum Gasteiger partial charge on any atom is 0.261 e. The SMILES string of the molecule is CC(=O)N1CCN(C(=O)c2cccc(S(=O)(=O)Nc3cc(C)ccc3Br)c2)CC1. The van der Waals surface area contributed by atoms with Crippen molar-refractivity contribution < 1.29 is 18.0 Å². The summed E-state index contributed by atoms with van der Waals surface area (Å²) >= 11 is 3.34. The van der Waals surface area contributed by atoms with Crippen molar-refractivity contribution in [3.63, 3.8) is 0 Å². The molecular formula is C20H22BrN3O4S. The van der Waals surface area contributed by atoms with Crippen molar-refractivity contribution in [1.82, 2.24) is 9.80 Å². The van der Waals surface area contributed by atoms with Crippen LogP contribution in [0.2, 0.25) is 0 Å². The second-order valence-electron chi connectivity index (χ2n) is 6.91. The highest BCUT2D eigenvalue weighted by Gasteiger charge is 2.24. The van der Waals surface area contributed by atoms with Gasteiger partial charge in [-0.2, -0.15) is 0 Å². The first-order valence-corrected chi connectivity index (χ1v) is 11.4. The lowest BCUT2D eigenvalue weighted by Gasteiger charge is -2.34. The molecule has 7 nitrogen and oxygen atoms in total. The number of hydrogen-bond donors (Lipinski definition) is 1. The largest absolute Gasteiger partial charge is 0.339 e. The number of hydrogen-bond acceptors (Lipinski definition) is 4. The Hall–Kier alpha value is -2.39. The van der Waals surface area contributed by atoms with Crippen LogP contribution in [0.5, 0.6) is 0 Å². The molecule has 3 rings (SSSR count). The van der Waals surface area contributed by atoms with E-state index in [1.807, 2.05) is 13.0 Å². The van der Waals surface area contributed by atoms with Crippen molar-refractivity contribution in [2.75, 3.05) is 30.9 Å². The summed E-state index contributed by atoms with van der Waals surface area (Å²) in [5.41, 5.74) is 1.65. The number of nitrogens with one attached hydrogen (secondary N) is 1. The molecule has 0 saturated carbocycles. The van der Waals surface area contributed by atoms with E-state index < -0.39 is 10.0 Å². The molecule has 0 aromatic heterocycles. The molecule has 2 amide bonds. The van der Waals surface area contributed by atoms with Crippen LogP contribution in [0.15, 0.2) is 51.8 Å². The highest BCUT2D eigenvalue weighted by molar-refractivity contribution is 9.10. The maximum atomic E-state index is 12.8. The van der Waals surface area contributed by atoms with Gasteiger partial charge in [0.05, 0.1) is 10.6 Å². The Balaban J connectivity index is 1.79. The highest BCUT2D eigenvalue weighted by Crippen LogP contribution is 2.26. The number of amides is 2. The quantitative estimate of drug-likeness (QED) is 0.730. The van der Waals surface area contributed by atoms with Crippen LogP contribution < -0.4 is 4.72 Å². The second-order valence-corrected chi connectivity index (χ2v) is 9.45. The molecule has 0 radical (unpaired) electrons. The molecule has 29 heavy (non-hydrogen) atoms. The van der Waals surface area contributed by atoms with Crippen LogP contribution in [0.1, 0.15) is 22.8 Å². The predicted octanol–water partition coefficient (Wildman–Crippen LogP) is 2.86. The van der Waals surface area contributed by atoms with E-state index >= 15 is 0 Å². The first-order valence-electron chi connectivity index (χ1n) is 9.11. The van der Waals surface area contributed by atoms with Gasteiger partial charge >= 0.3 is 0 Å². The molecule has 1 aliphatic rings. The Labute approximate surface area is 178 Å². The molecule has 1 aliphatic heterocycles. The molecule has 0 unspecified atom stereocenters. The second kappa shape index (κ2) is 8.54. The van der Waals surface area contributed by atoms with Crippen molar-refractivity contribution in [2.45, 2.75) is 18.7 Å². The molecule has 0 aliphatic carbocycles. The van der Waals surface area contributed by atoms with E-state index in [4.69, 9.17) is 0 Å². The number of carbonyl (C=O) groups excluding carboxylic acids is 2. The smallest absolute Gasteiger partial charge is 0.261 e. The molecule has 1 fully saturated rings. The van der Waals surface area contributed by atoms with Gasteiger partial charge in [-0.15, -0.1) is 0 Å². The van der Waals surface area contributed by atoms with Crippen molar-refractivity contribution in [2.24, 2.45) is 0 Å². The molecule has 2 aromatic carbocycles. The van der Waals surface area contributed by atoms with Gasteiger partial charge in [0.15, 0.2) is 0 Å². The summed E-state index contributed by atoms with van der Waals surface area (Å²) in [6.07, 6.45) is 0. The number of sulfonamides is 1. The monoisotopic (exact) mass is 479 g/mol. The average Bonchev–Trinajstić information content (AvgIpc) is 2.70. The zero-order valence-electron chi connectivity index (χ0n) is 16.2. The molecule has 0 bridgehead atoms. The lowest BCUT2D eigenvalue weighted by Crippen LogP contribution is -2.50. The van der Waals surface area contributed by atoms with Crippen molar-refractivity contribution >= 4 is 43.5 Å². The number of piperazine rings is 1. The number of rotatable bonds is 4. The predicted molar refractivity (Wildman–Crippen MR) is 114 cm³/mol. The van der Waals surface area contributed by atoms with Crippen molar-refractivity contribution in [1.29, 1.82) is 0 Å². The van der Waals surface area contributed by atoms with Gasteiger partial charge in [-0.3, -0.25) is 14.3 Å². The minimum Gasteiger partial charge on any atom is -0.339 e. The van der Waals surface area contributed by atoms with Gasteiger partial charge in [0.25, 0.3) is 15.9 Å². The normalized spacial score (nSPS) is 14.6. The summed E-state index contributed by atoms with van der Waals surface area (Å²) in [5, 5.41) is 0. The Bertz CT molecular complexity index is 1050. The van der Waals surface area contributed by atoms with Crippen LogP contribution in [0.3, 0.4) is 0 Å². The van der Waals surface area contributed by atoms with Gasteiger partial charge in [0, 0.05) is 43.1 Å². The summed E-state index contributed by atoms with van der Waals surface area (Å²) in [5.74, 6) is -0.263. The third kappa shape index (κ3) is 4.97. The van der Waals surface area contributed by atoms with Crippen LogP contribution in [0.4, 0.5) is 5.69 Å². The minimum absolute atomic E-state index is 0.0131. The Morgan fingerprint density at radius 2 is 1.66 bits per heavy atom. The van der Waals surface area contributed by atoms with E-state index in [0.717, 1.165) is 5.56 Å². The van der Waals surface area contributed by atoms with Gasteiger partial charge in [0.2, 0.25) is 5.91 Å². The van der Waals surface area contributed by atoms with E-state index in [2.05, 4.69) is 20.7 Å². The lowest BCUT2D eigenvalue weighted by molar-refractivity contribution is -0.130. The number of nitrogens with zero attached hydrogens (tertiary/aromatic N) is 2. The molecule has 9 heteroatoms. The topological polar surface area (TPSA) is 86.8 Å². The van der Waals surface area contributed by atoms with Gasteiger partial charge in [0.1, 0.15) is 0 Å². The molecule has 1 N–H and O–H groups in total. The van der Waals surface area contributed by atoms with Crippen LogP contribution >= 0.6 is 15.9 Å². The number of anilines is 1. The van der Waals surface area contributed by atoms with E-state index in [-0.39, 0.29) is 16.7 Å². The third-order valence-corrected chi connectivity index (χ3v) is 6.82. The fourth-order valence-corrected chi connectivity index (χ4v) is 4.72. The fourth-order valence-electron chi connectivity index (χ4n) is 3.12. The van der Waals surface area contributed by atoms with Crippen molar-refractivity contribution in [3.05, 3.63) is 58.1 Å². The molecule has 0 spiro atoms. The maximum absolute atomic E-state index is 12.8. The number of aryl methyl sites for hydroxylation is 1. The lowest BCUT2D eigenvalue weighted by atomic mass is 10.2. The van der Waals surface area contributed by atoms with Gasteiger partial charge in [-0.1, -0.05) is 12.1 Å². The zero-order chi connectivity index (χ0) is 21.2. The molecule has 154 valence electrons. The van der Waals surface area contributed by atoms with Gasteiger partial charge in [-0.05, 0) is 58.7 Å². The molecule has 2 aromatic rings. The van der Waals surface area contributed by atoms with E-state index in [9.17, 15) is 18.0 Å². The Morgan fingerprint density at radius 3 is 2.31 bits per heavy atom. The molecule has 1 saturated heterocycles. The summed E-state index contributed by atoms with van der Waals surface area (Å²) in [6, 6.07) is 11.4. The molecular weight excluding hydrogens is 458 g/mol. The van der Waals surface area contributed by atoms with Crippen LogP contribution in [-0.2, 0) is 14.8 Å². The van der Waals surface area contributed by atoms with E-state index in [1.165, 1.54) is 19.1 Å². The summed E-state index contributed by atoms with van der Waals surface area (Å²) in [4.78, 5) is 27.6. The number of benzene rings is 2. The summed E-state index contributed by atoms with van der Waals surface area (Å²) in [6.45, 7) is 5.17.